The lowest BCUT2D eigenvalue weighted by atomic mass is 9.49. The molecule has 154 valence electrons. The van der Waals surface area contributed by atoms with E-state index in [1.807, 2.05) is 7.11 Å². The number of aryl methyl sites for hydroxylation is 1. The van der Waals surface area contributed by atoms with Crippen LogP contribution in [0.1, 0.15) is 44.1 Å². The lowest BCUT2D eigenvalue weighted by Crippen LogP contribution is -2.63. The van der Waals surface area contributed by atoms with Crippen LogP contribution >= 0.6 is 0 Å². The molecule has 4 aliphatic rings. The average molecular weight is 406 g/mol. The first-order valence-corrected chi connectivity index (χ1v) is 12.3. The minimum Gasteiger partial charge on any atom is -0.376 e. The number of sulfone groups is 1. The van der Waals surface area contributed by atoms with Crippen LogP contribution in [0, 0.1) is 23.7 Å². The maximum Gasteiger partial charge on any atom is 0.220 e. The van der Waals surface area contributed by atoms with Gasteiger partial charge in [-0.25, -0.2) is 8.42 Å². The lowest BCUT2D eigenvalue weighted by Gasteiger charge is -2.60. The van der Waals surface area contributed by atoms with Crippen LogP contribution < -0.4 is 5.32 Å². The summed E-state index contributed by atoms with van der Waals surface area (Å²) in [6.45, 7) is 0.615. The number of nitrogens with one attached hydrogen (secondary N) is 1. The van der Waals surface area contributed by atoms with Gasteiger partial charge in [0, 0.05) is 26.3 Å². The highest BCUT2D eigenvalue weighted by molar-refractivity contribution is 7.90. The molecule has 0 spiro atoms. The number of ether oxygens (including phenoxy) is 1. The van der Waals surface area contributed by atoms with Crippen molar-refractivity contribution in [1.82, 2.24) is 5.32 Å². The zero-order valence-corrected chi connectivity index (χ0v) is 17.6. The summed E-state index contributed by atoms with van der Waals surface area (Å²) in [6.07, 6.45) is 8.62. The van der Waals surface area contributed by atoms with Crippen LogP contribution in [0.25, 0.3) is 0 Å². The number of benzene rings is 1. The molecule has 0 radical (unpaired) electrons. The molecule has 0 heterocycles. The Labute approximate surface area is 168 Å². The predicted molar refractivity (Wildman–Crippen MR) is 108 cm³/mol. The van der Waals surface area contributed by atoms with E-state index in [4.69, 9.17) is 4.74 Å². The molecular formula is C22H31NO4S. The molecule has 0 aromatic heterocycles. The van der Waals surface area contributed by atoms with E-state index in [2.05, 4.69) is 5.32 Å². The van der Waals surface area contributed by atoms with Crippen molar-refractivity contribution in [1.29, 1.82) is 0 Å². The fourth-order valence-corrected chi connectivity index (χ4v) is 6.79. The Kier molecular flexibility index (Phi) is 5.29. The third-order valence-corrected chi connectivity index (χ3v) is 8.58. The highest BCUT2D eigenvalue weighted by Gasteiger charge is 2.57. The Morgan fingerprint density at radius 1 is 1.07 bits per heavy atom. The molecule has 5 nitrogen and oxygen atoms in total. The third-order valence-electron chi connectivity index (χ3n) is 7.45. The van der Waals surface area contributed by atoms with Crippen molar-refractivity contribution in [3.05, 3.63) is 29.8 Å². The summed E-state index contributed by atoms with van der Waals surface area (Å²) in [5, 5.41) is 3.15. The molecule has 4 saturated carbocycles. The lowest BCUT2D eigenvalue weighted by molar-refractivity contribution is -0.188. The molecule has 4 aliphatic carbocycles. The van der Waals surface area contributed by atoms with Crippen LogP contribution in [0.5, 0.6) is 0 Å². The minimum absolute atomic E-state index is 0.0393. The smallest absolute Gasteiger partial charge is 0.220 e. The molecule has 0 unspecified atom stereocenters. The molecule has 1 N–H and O–H groups in total. The van der Waals surface area contributed by atoms with Gasteiger partial charge in [0.2, 0.25) is 5.91 Å². The largest absolute Gasteiger partial charge is 0.376 e. The third kappa shape index (κ3) is 3.73. The van der Waals surface area contributed by atoms with Gasteiger partial charge in [0.25, 0.3) is 0 Å². The molecule has 28 heavy (non-hydrogen) atoms. The Bertz CT molecular complexity index is 803. The van der Waals surface area contributed by atoms with Gasteiger partial charge in [0.05, 0.1) is 10.5 Å². The Morgan fingerprint density at radius 3 is 2.14 bits per heavy atom. The molecule has 6 heteroatoms. The molecular weight excluding hydrogens is 374 g/mol. The Balaban J connectivity index is 1.32. The number of amides is 1. The summed E-state index contributed by atoms with van der Waals surface area (Å²) in [4.78, 5) is 12.8. The first-order chi connectivity index (χ1) is 13.3. The number of methoxy groups -OCH3 is 1. The summed E-state index contributed by atoms with van der Waals surface area (Å²) in [5.74, 6) is 2.94. The quantitative estimate of drug-likeness (QED) is 0.757. The van der Waals surface area contributed by atoms with Crippen molar-refractivity contribution in [3.63, 3.8) is 0 Å². The van der Waals surface area contributed by atoms with Crippen LogP contribution in [0.3, 0.4) is 0 Å². The van der Waals surface area contributed by atoms with Gasteiger partial charge in [-0.2, -0.15) is 0 Å². The van der Waals surface area contributed by atoms with Gasteiger partial charge >= 0.3 is 0 Å². The van der Waals surface area contributed by atoms with Crippen molar-refractivity contribution in [2.45, 2.75) is 55.4 Å². The van der Waals surface area contributed by atoms with Crippen molar-refractivity contribution < 1.29 is 17.9 Å². The van der Waals surface area contributed by atoms with E-state index in [9.17, 15) is 13.2 Å². The average Bonchev–Trinajstić information content (AvgIpc) is 2.65. The zero-order valence-electron chi connectivity index (χ0n) is 16.8. The van der Waals surface area contributed by atoms with Crippen LogP contribution in [-0.2, 0) is 25.8 Å². The van der Waals surface area contributed by atoms with E-state index >= 15 is 0 Å². The maximum absolute atomic E-state index is 12.5. The SMILES string of the molecule is COC1(CNC(=O)CCc2ccc(S(C)(=O)=O)cc2)C2CC3CC(C2)CC1C3. The zero-order chi connectivity index (χ0) is 19.9. The topological polar surface area (TPSA) is 72.5 Å². The van der Waals surface area contributed by atoms with E-state index in [1.165, 1.54) is 38.4 Å². The summed E-state index contributed by atoms with van der Waals surface area (Å²) < 4.78 is 29.2. The van der Waals surface area contributed by atoms with Crippen molar-refractivity contribution in [2.24, 2.45) is 23.7 Å². The molecule has 0 atom stereocenters. The second-order valence-corrected chi connectivity index (χ2v) is 11.2. The Morgan fingerprint density at radius 2 is 1.64 bits per heavy atom. The van der Waals surface area contributed by atoms with Crippen LogP contribution in [0.15, 0.2) is 29.2 Å². The van der Waals surface area contributed by atoms with Gasteiger partial charge in [-0.3, -0.25) is 4.79 Å². The minimum atomic E-state index is -3.18. The van der Waals surface area contributed by atoms with E-state index in [1.54, 1.807) is 24.3 Å². The molecule has 1 aromatic rings. The molecule has 4 fully saturated rings. The first-order valence-electron chi connectivity index (χ1n) is 10.4. The van der Waals surface area contributed by atoms with E-state index < -0.39 is 9.84 Å². The fraction of sp³-hybridized carbons (Fsp3) is 0.682. The van der Waals surface area contributed by atoms with E-state index in [-0.39, 0.29) is 11.5 Å². The maximum atomic E-state index is 12.5. The standard InChI is InChI=1S/C22H31NO4S/c1-27-22(18-10-16-9-17(12-18)13-19(22)11-16)14-23-21(24)8-5-15-3-6-20(7-4-15)28(2,25)26/h3-4,6-7,16-19H,5,8-14H2,1-2H3,(H,23,24). The van der Waals surface area contributed by atoms with Crippen molar-refractivity contribution >= 4 is 15.7 Å². The number of hydrogen-bond acceptors (Lipinski definition) is 4. The number of rotatable bonds is 7. The van der Waals surface area contributed by atoms with E-state index in [0.29, 0.717) is 36.1 Å². The molecule has 5 rings (SSSR count). The van der Waals surface area contributed by atoms with Crippen LogP contribution in [0.4, 0.5) is 0 Å². The Hall–Kier alpha value is -1.40. The summed E-state index contributed by atoms with van der Waals surface area (Å²) in [7, 11) is -1.37. The molecule has 1 amide bonds. The number of hydrogen-bond donors (Lipinski definition) is 1. The van der Waals surface area contributed by atoms with Crippen molar-refractivity contribution in [2.75, 3.05) is 19.9 Å². The van der Waals surface area contributed by atoms with Gasteiger partial charge in [-0.1, -0.05) is 12.1 Å². The number of carbonyl (C=O) groups is 1. The molecule has 1 aromatic carbocycles. The van der Waals surface area contributed by atoms with E-state index in [0.717, 1.165) is 17.4 Å². The first kappa shape index (κ1) is 19.9. The summed E-state index contributed by atoms with van der Waals surface area (Å²) >= 11 is 0. The molecule has 4 bridgehead atoms. The van der Waals surface area contributed by atoms with Gasteiger partial charge in [0.1, 0.15) is 0 Å². The second kappa shape index (κ2) is 7.45. The monoisotopic (exact) mass is 405 g/mol. The predicted octanol–water partition coefficient (Wildman–Crippen LogP) is 2.98. The van der Waals surface area contributed by atoms with Crippen molar-refractivity contribution in [3.8, 4) is 0 Å². The summed E-state index contributed by atoms with van der Waals surface area (Å²) in [6, 6.07) is 6.80. The number of carbonyl (C=O) groups excluding carboxylic acids is 1. The highest BCUT2D eigenvalue weighted by atomic mass is 32.2. The van der Waals surface area contributed by atoms with Crippen LogP contribution in [0.2, 0.25) is 0 Å². The normalized spacial score (nSPS) is 33.8. The van der Waals surface area contributed by atoms with Gasteiger partial charge in [-0.15, -0.1) is 0 Å². The fourth-order valence-electron chi connectivity index (χ4n) is 6.16. The molecule has 0 aliphatic heterocycles. The van der Waals surface area contributed by atoms with Crippen LogP contribution in [-0.4, -0.2) is 39.8 Å². The second-order valence-electron chi connectivity index (χ2n) is 9.16. The highest BCUT2D eigenvalue weighted by Crippen LogP contribution is 2.59. The van der Waals surface area contributed by atoms with Gasteiger partial charge in [-0.05, 0) is 79.9 Å². The van der Waals surface area contributed by atoms with Gasteiger partial charge in [0.15, 0.2) is 9.84 Å². The van der Waals surface area contributed by atoms with Gasteiger partial charge < -0.3 is 10.1 Å². The molecule has 0 saturated heterocycles. The summed E-state index contributed by atoms with van der Waals surface area (Å²) in [5.41, 5.74) is 0.791.